The molecule has 0 radical (unpaired) electrons. The Bertz CT molecular complexity index is 835. The lowest BCUT2D eigenvalue weighted by Crippen LogP contribution is -2.18. The summed E-state index contributed by atoms with van der Waals surface area (Å²) in [7, 11) is -3.68. The van der Waals surface area contributed by atoms with Gasteiger partial charge >= 0.3 is 0 Å². The van der Waals surface area contributed by atoms with E-state index in [-0.39, 0.29) is 16.4 Å². The summed E-state index contributed by atoms with van der Waals surface area (Å²) in [6.07, 6.45) is 0.103. The molecule has 0 unspecified atom stereocenters. The van der Waals surface area contributed by atoms with Gasteiger partial charge in [0, 0.05) is 6.42 Å². The lowest BCUT2D eigenvalue weighted by atomic mass is 10.0. The molecule has 130 valence electrons. The third kappa shape index (κ3) is 4.75. The Morgan fingerprint density at radius 3 is 2.21 bits per heavy atom. The summed E-state index contributed by atoms with van der Waals surface area (Å²) >= 11 is 1.04. The van der Waals surface area contributed by atoms with Crippen LogP contribution in [0.4, 0.5) is 0 Å². The van der Waals surface area contributed by atoms with Gasteiger partial charge in [0.1, 0.15) is 9.96 Å². The van der Waals surface area contributed by atoms with Gasteiger partial charge in [-0.25, -0.2) is 8.42 Å². The lowest BCUT2D eigenvalue weighted by molar-refractivity contribution is -0.116. The van der Waals surface area contributed by atoms with Crippen LogP contribution in [0.5, 0.6) is 0 Å². The maximum absolute atomic E-state index is 12.4. The van der Waals surface area contributed by atoms with E-state index in [4.69, 9.17) is 0 Å². The van der Waals surface area contributed by atoms with Gasteiger partial charge in [0.25, 0.3) is 0 Å². The van der Waals surface area contributed by atoms with Gasteiger partial charge in [-0.15, -0.1) is 11.3 Å². The maximum atomic E-state index is 12.4. The van der Waals surface area contributed by atoms with E-state index in [1.165, 1.54) is 6.07 Å². The molecule has 2 rings (SSSR count). The molecule has 1 heterocycles. The summed E-state index contributed by atoms with van der Waals surface area (Å²) in [6.45, 7) is 7.08. The van der Waals surface area contributed by atoms with Crippen molar-refractivity contribution < 1.29 is 18.3 Å². The van der Waals surface area contributed by atoms with E-state index in [0.717, 1.165) is 28.0 Å². The minimum atomic E-state index is -3.68. The topological polar surface area (TPSA) is 71.4 Å². The second kappa shape index (κ2) is 6.78. The van der Waals surface area contributed by atoms with Crippen molar-refractivity contribution in [2.24, 2.45) is 0 Å². The van der Waals surface area contributed by atoms with E-state index < -0.39 is 21.2 Å². The smallest absolute Gasteiger partial charge is 0.194 e. The summed E-state index contributed by atoms with van der Waals surface area (Å²) in [5.41, 5.74) is 2.36. The van der Waals surface area contributed by atoms with E-state index >= 15 is 0 Å². The van der Waals surface area contributed by atoms with Gasteiger partial charge in [-0.1, -0.05) is 29.3 Å². The van der Waals surface area contributed by atoms with E-state index in [9.17, 15) is 18.3 Å². The Hall–Kier alpha value is -1.50. The van der Waals surface area contributed by atoms with E-state index in [0.29, 0.717) is 5.56 Å². The molecule has 24 heavy (non-hydrogen) atoms. The third-order valence-corrected chi connectivity index (χ3v) is 6.83. The van der Waals surface area contributed by atoms with Crippen LogP contribution in [-0.4, -0.2) is 25.1 Å². The molecule has 0 aliphatic carbocycles. The van der Waals surface area contributed by atoms with Crippen molar-refractivity contribution in [2.75, 3.05) is 5.75 Å². The Labute approximate surface area is 147 Å². The summed E-state index contributed by atoms with van der Waals surface area (Å²) in [5.74, 6) is -0.857. The zero-order chi connectivity index (χ0) is 18.1. The first-order valence-corrected chi connectivity index (χ1v) is 10.1. The van der Waals surface area contributed by atoms with Crippen LogP contribution in [-0.2, 0) is 26.7 Å². The second-order valence-corrected chi connectivity index (χ2v) is 9.81. The molecule has 6 heteroatoms. The number of Topliss-reactive ketones (excluding diaryl/α,β-unsaturated/α-hetero) is 1. The first kappa shape index (κ1) is 18.8. The Kier molecular flexibility index (Phi) is 5.32. The lowest BCUT2D eigenvalue weighted by Gasteiger charge is -2.14. The Morgan fingerprint density at radius 1 is 1.12 bits per heavy atom. The summed E-state index contributed by atoms with van der Waals surface area (Å²) < 4.78 is 24.9. The molecule has 0 aliphatic rings. The molecule has 0 bridgehead atoms. The first-order valence-electron chi connectivity index (χ1n) is 7.60. The molecule has 4 nitrogen and oxygen atoms in total. The zero-order valence-corrected chi connectivity index (χ0v) is 15.9. The van der Waals surface area contributed by atoms with Crippen LogP contribution < -0.4 is 0 Å². The fourth-order valence-corrected chi connectivity index (χ4v) is 5.21. The molecule has 0 fully saturated rings. The molecule has 2 aromatic rings. The van der Waals surface area contributed by atoms with Gasteiger partial charge in [0.2, 0.25) is 0 Å². The van der Waals surface area contributed by atoms with Crippen molar-refractivity contribution in [3.8, 4) is 0 Å². The highest BCUT2D eigenvalue weighted by Gasteiger charge is 2.25. The van der Waals surface area contributed by atoms with Crippen molar-refractivity contribution in [1.29, 1.82) is 0 Å². The second-order valence-electron chi connectivity index (χ2n) is 6.68. The van der Waals surface area contributed by atoms with E-state index in [1.54, 1.807) is 19.2 Å². The van der Waals surface area contributed by atoms with Crippen molar-refractivity contribution in [3.05, 3.63) is 51.9 Å². The molecule has 0 atom stereocenters. The monoisotopic (exact) mass is 366 g/mol. The van der Waals surface area contributed by atoms with Gasteiger partial charge in [0.05, 0.1) is 5.60 Å². The number of ketones is 1. The number of hydrogen-bond donors (Lipinski definition) is 1. The average molecular weight is 367 g/mol. The summed E-state index contributed by atoms with van der Waals surface area (Å²) in [5, 5.41) is 11.6. The standard InChI is InChI=1S/C18H22O4S2/c1-12-5-13(2)7-14(6-12)8-16(19)11-24(21,22)17-9-15(10-23-17)18(3,4)20/h5-7,9-10,20H,8,11H2,1-4H3. The number of rotatable bonds is 6. The molecule has 1 aromatic carbocycles. The highest BCUT2D eigenvalue weighted by molar-refractivity contribution is 7.94. The summed E-state index contributed by atoms with van der Waals surface area (Å²) in [6, 6.07) is 7.25. The molecule has 1 N–H and O–H groups in total. The predicted octanol–water partition coefficient (Wildman–Crippen LogP) is 3.18. The number of aliphatic hydroxyl groups is 1. The van der Waals surface area contributed by atoms with Crippen LogP contribution in [0.1, 0.15) is 36.1 Å². The van der Waals surface area contributed by atoms with Crippen LogP contribution in [0.25, 0.3) is 0 Å². The SMILES string of the molecule is Cc1cc(C)cc(CC(=O)CS(=O)(=O)c2cc(C(C)(C)O)cs2)c1. The van der Waals surface area contributed by atoms with Crippen LogP contribution in [0.3, 0.4) is 0 Å². The molecule has 0 saturated carbocycles. The highest BCUT2D eigenvalue weighted by Crippen LogP contribution is 2.29. The highest BCUT2D eigenvalue weighted by atomic mass is 32.2. The molecule has 0 aliphatic heterocycles. The van der Waals surface area contributed by atoms with Crippen LogP contribution in [0, 0.1) is 13.8 Å². The largest absolute Gasteiger partial charge is 0.386 e. The van der Waals surface area contributed by atoms with Crippen molar-refractivity contribution in [1.82, 2.24) is 0 Å². The normalized spacial score (nSPS) is 12.4. The number of benzene rings is 1. The van der Waals surface area contributed by atoms with Gasteiger partial charge in [-0.3, -0.25) is 4.79 Å². The van der Waals surface area contributed by atoms with Crippen LogP contribution in [0.15, 0.2) is 33.9 Å². The Balaban J connectivity index is 2.14. The van der Waals surface area contributed by atoms with Gasteiger partial charge in [0.15, 0.2) is 15.6 Å². The summed E-state index contributed by atoms with van der Waals surface area (Å²) in [4.78, 5) is 12.2. The van der Waals surface area contributed by atoms with E-state index in [1.807, 2.05) is 32.0 Å². The maximum Gasteiger partial charge on any atom is 0.194 e. The number of aryl methyl sites for hydroxylation is 2. The number of carbonyl (C=O) groups excluding carboxylic acids is 1. The van der Waals surface area contributed by atoms with Gasteiger partial charge in [-0.05, 0) is 50.3 Å². The number of thiophene rings is 1. The van der Waals surface area contributed by atoms with Crippen molar-refractivity contribution >= 4 is 27.0 Å². The van der Waals surface area contributed by atoms with Crippen LogP contribution >= 0.6 is 11.3 Å². The first-order chi connectivity index (χ1) is 11.0. The van der Waals surface area contributed by atoms with Crippen molar-refractivity contribution in [3.63, 3.8) is 0 Å². The number of sulfone groups is 1. The minimum Gasteiger partial charge on any atom is -0.386 e. The Morgan fingerprint density at radius 2 is 1.71 bits per heavy atom. The van der Waals surface area contributed by atoms with E-state index in [2.05, 4.69) is 0 Å². The molecular formula is C18H22O4S2. The average Bonchev–Trinajstić information content (AvgIpc) is 2.85. The quantitative estimate of drug-likeness (QED) is 0.852. The fraction of sp³-hybridized carbons (Fsp3) is 0.389. The van der Waals surface area contributed by atoms with Gasteiger partial charge in [-0.2, -0.15) is 0 Å². The fourth-order valence-electron chi connectivity index (χ4n) is 2.53. The molecule has 0 spiro atoms. The number of carbonyl (C=O) groups is 1. The minimum absolute atomic E-state index is 0.103. The molecule has 0 amide bonds. The third-order valence-electron chi connectivity index (χ3n) is 3.62. The molecule has 0 saturated heterocycles. The molecular weight excluding hydrogens is 344 g/mol. The number of hydrogen-bond acceptors (Lipinski definition) is 5. The predicted molar refractivity (Wildman–Crippen MR) is 96.2 cm³/mol. The molecule has 1 aromatic heterocycles. The van der Waals surface area contributed by atoms with Crippen molar-refractivity contribution in [2.45, 2.75) is 43.9 Å². The zero-order valence-electron chi connectivity index (χ0n) is 14.3. The van der Waals surface area contributed by atoms with Crippen LogP contribution in [0.2, 0.25) is 0 Å². The van der Waals surface area contributed by atoms with Gasteiger partial charge < -0.3 is 5.11 Å².